The summed E-state index contributed by atoms with van der Waals surface area (Å²) in [4.78, 5) is 34.2. The Balaban J connectivity index is 1.71. The minimum Gasteiger partial charge on any atom is -0.444 e. The smallest absolute Gasteiger partial charge is 0.410 e. The highest BCUT2D eigenvalue weighted by Gasteiger charge is 2.30. The van der Waals surface area contributed by atoms with Crippen LogP contribution in [0.15, 0.2) is 42.9 Å². The predicted octanol–water partition coefficient (Wildman–Crippen LogP) is 6.54. The van der Waals surface area contributed by atoms with Gasteiger partial charge in [0.25, 0.3) is 5.91 Å². The summed E-state index contributed by atoms with van der Waals surface area (Å²) in [5.74, 6) is -0.432. The van der Waals surface area contributed by atoms with Crippen molar-refractivity contribution < 1.29 is 18.7 Å². The van der Waals surface area contributed by atoms with E-state index in [-0.39, 0.29) is 30.0 Å². The Morgan fingerprint density at radius 1 is 1.08 bits per heavy atom. The van der Waals surface area contributed by atoms with Crippen LogP contribution in [-0.4, -0.2) is 62.1 Å². The summed E-state index contributed by atoms with van der Waals surface area (Å²) in [6.07, 6.45) is 6.92. The highest BCUT2D eigenvalue weighted by Crippen LogP contribution is 2.36. The molecule has 0 bridgehead atoms. The molecule has 2 amide bonds. The maximum atomic E-state index is 14.5. The fraction of sp³-hybridized carbons (Fsp3) is 0.500. The number of halogens is 1. The minimum absolute atomic E-state index is 0.0348. The van der Waals surface area contributed by atoms with E-state index in [4.69, 9.17) is 4.74 Å². The van der Waals surface area contributed by atoms with E-state index in [9.17, 15) is 14.0 Å². The van der Waals surface area contributed by atoms with Crippen molar-refractivity contribution >= 4 is 22.9 Å². The first kappa shape index (κ1) is 27.6. The third-order valence-electron chi connectivity index (χ3n) is 7.02. The fourth-order valence-corrected chi connectivity index (χ4v) is 5.42. The molecule has 2 aromatic heterocycles. The molecule has 0 radical (unpaired) electrons. The lowest BCUT2D eigenvalue weighted by Gasteiger charge is -2.33. The Morgan fingerprint density at radius 2 is 1.74 bits per heavy atom. The SMILES string of the molecule is CC(C)N(C(=O)c1cc(F)ccc1-n1cc(C2CCN(C(=O)OC(C)(C)C)CC2)c2ccncc21)C(C)C. The van der Waals surface area contributed by atoms with Crippen LogP contribution in [0.5, 0.6) is 0 Å². The van der Waals surface area contributed by atoms with Crippen molar-refractivity contribution in [1.82, 2.24) is 19.4 Å². The van der Waals surface area contributed by atoms with Crippen LogP contribution in [0.1, 0.15) is 83.1 Å². The van der Waals surface area contributed by atoms with Gasteiger partial charge >= 0.3 is 6.09 Å². The Labute approximate surface area is 224 Å². The van der Waals surface area contributed by atoms with Gasteiger partial charge in [0.1, 0.15) is 11.4 Å². The molecule has 4 rings (SSSR count). The minimum atomic E-state index is -0.528. The number of fused-ring (bicyclic) bond motifs is 1. The number of nitrogens with zero attached hydrogens (tertiary/aromatic N) is 4. The third-order valence-corrected chi connectivity index (χ3v) is 7.02. The van der Waals surface area contributed by atoms with Crippen molar-refractivity contribution in [1.29, 1.82) is 0 Å². The molecular formula is C30H39FN4O3. The summed E-state index contributed by atoms with van der Waals surface area (Å²) >= 11 is 0. The molecule has 0 unspecified atom stereocenters. The summed E-state index contributed by atoms with van der Waals surface area (Å²) in [7, 11) is 0. The van der Waals surface area contributed by atoms with Gasteiger partial charge in [0.05, 0.1) is 23.0 Å². The maximum absolute atomic E-state index is 14.5. The second-order valence-corrected chi connectivity index (χ2v) is 11.7. The fourth-order valence-electron chi connectivity index (χ4n) is 5.42. The van der Waals surface area contributed by atoms with Crippen molar-refractivity contribution in [3.05, 3.63) is 59.8 Å². The number of pyridine rings is 1. The molecule has 0 N–H and O–H groups in total. The van der Waals surface area contributed by atoms with Crippen LogP contribution >= 0.6 is 0 Å². The van der Waals surface area contributed by atoms with Gasteiger partial charge in [0, 0.05) is 43.0 Å². The first-order chi connectivity index (χ1) is 17.9. The quantitative estimate of drug-likeness (QED) is 0.382. The van der Waals surface area contributed by atoms with Crippen LogP contribution in [-0.2, 0) is 4.74 Å². The molecule has 1 saturated heterocycles. The molecule has 8 heteroatoms. The Morgan fingerprint density at radius 3 is 2.34 bits per heavy atom. The molecule has 0 aliphatic carbocycles. The maximum Gasteiger partial charge on any atom is 0.410 e. The predicted molar refractivity (Wildman–Crippen MR) is 147 cm³/mol. The van der Waals surface area contributed by atoms with Crippen LogP contribution in [0.25, 0.3) is 16.6 Å². The van der Waals surface area contributed by atoms with Crippen LogP contribution in [0.2, 0.25) is 0 Å². The molecule has 0 saturated carbocycles. The normalized spacial score (nSPS) is 14.9. The van der Waals surface area contributed by atoms with Crippen LogP contribution in [0.4, 0.5) is 9.18 Å². The van der Waals surface area contributed by atoms with Crippen molar-refractivity contribution in [3.8, 4) is 5.69 Å². The first-order valence-corrected chi connectivity index (χ1v) is 13.4. The number of carbonyl (C=O) groups is 2. The topological polar surface area (TPSA) is 67.7 Å². The van der Waals surface area contributed by atoms with Crippen molar-refractivity contribution in [2.24, 2.45) is 0 Å². The van der Waals surface area contributed by atoms with Gasteiger partial charge in [-0.1, -0.05) is 0 Å². The summed E-state index contributed by atoms with van der Waals surface area (Å²) in [5.41, 5.74) is 2.41. The van der Waals surface area contributed by atoms with E-state index < -0.39 is 11.4 Å². The molecular weight excluding hydrogens is 483 g/mol. The second-order valence-electron chi connectivity index (χ2n) is 11.7. The van der Waals surface area contributed by atoms with Gasteiger partial charge < -0.3 is 19.1 Å². The third kappa shape index (κ3) is 5.69. The number of hydrogen-bond acceptors (Lipinski definition) is 4. The van der Waals surface area contributed by atoms with Crippen molar-refractivity contribution in [3.63, 3.8) is 0 Å². The monoisotopic (exact) mass is 522 g/mol. The molecule has 1 aliphatic rings. The number of rotatable bonds is 5. The lowest BCUT2D eigenvalue weighted by molar-refractivity contribution is 0.0205. The number of aromatic nitrogens is 2. The molecule has 7 nitrogen and oxygen atoms in total. The van der Waals surface area contributed by atoms with Gasteiger partial charge in [0.15, 0.2) is 0 Å². The second kappa shape index (κ2) is 10.8. The van der Waals surface area contributed by atoms with Crippen LogP contribution in [0, 0.1) is 5.82 Å². The van der Waals surface area contributed by atoms with E-state index in [0.29, 0.717) is 24.3 Å². The Bertz CT molecular complexity index is 1310. The number of carbonyl (C=O) groups excluding carboxylic acids is 2. The van der Waals surface area contributed by atoms with Gasteiger partial charge in [-0.2, -0.15) is 0 Å². The largest absolute Gasteiger partial charge is 0.444 e. The van der Waals surface area contributed by atoms with E-state index in [1.165, 1.54) is 12.1 Å². The molecule has 0 atom stereocenters. The molecule has 3 heterocycles. The van der Waals surface area contributed by atoms with Gasteiger partial charge in [-0.3, -0.25) is 9.78 Å². The zero-order chi connectivity index (χ0) is 27.8. The lowest BCUT2D eigenvalue weighted by Crippen LogP contribution is -2.42. The Hall–Kier alpha value is -3.42. The number of likely N-dealkylation sites (tertiary alicyclic amines) is 1. The summed E-state index contributed by atoms with van der Waals surface area (Å²) in [5, 5.41) is 1.04. The molecule has 3 aromatic rings. The molecule has 38 heavy (non-hydrogen) atoms. The number of hydrogen-bond donors (Lipinski definition) is 0. The summed E-state index contributed by atoms with van der Waals surface area (Å²) in [6, 6.07) is 6.31. The van der Waals surface area contributed by atoms with E-state index >= 15 is 0 Å². The van der Waals surface area contributed by atoms with E-state index in [1.807, 2.05) is 59.1 Å². The van der Waals surface area contributed by atoms with Gasteiger partial charge in [0.2, 0.25) is 0 Å². The van der Waals surface area contributed by atoms with Crippen molar-refractivity contribution in [2.45, 2.75) is 84.9 Å². The van der Waals surface area contributed by atoms with E-state index in [0.717, 1.165) is 29.3 Å². The lowest BCUT2D eigenvalue weighted by atomic mass is 9.89. The zero-order valence-electron chi connectivity index (χ0n) is 23.5. The van der Waals surface area contributed by atoms with Gasteiger partial charge in [-0.05, 0) is 97.1 Å². The number of benzene rings is 1. The van der Waals surface area contributed by atoms with E-state index in [1.54, 1.807) is 28.3 Å². The van der Waals surface area contributed by atoms with E-state index in [2.05, 4.69) is 11.2 Å². The average Bonchev–Trinajstić information content (AvgIpc) is 3.22. The first-order valence-electron chi connectivity index (χ1n) is 13.4. The molecule has 1 fully saturated rings. The average molecular weight is 523 g/mol. The molecule has 204 valence electrons. The van der Waals surface area contributed by atoms with Crippen LogP contribution in [0.3, 0.4) is 0 Å². The molecule has 0 spiro atoms. The zero-order valence-corrected chi connectivity index (χ0v) is 23.5. The highest BCUT2D eigenvalue weighted by atomic mass is 19.1. The van der Waals surface area contributed by atoms with Crippen molar-refractivity contribution in [2.75, 3.05) is 13.1 Å². The van der Waals surface area contributed by atoms with Crippen LogP contribution < -0.4 is 0 Å². The number of amides is 2. The molecule has 1 aromatic carbocycles. The van der Waals surface area contributed by atoms with Gasteiger partial charge in [-0.15, -0.1) is 0 Å². The Kier molecular flexibility index (Phi) is 7.81. The standard InChI is InChI=1S/C30H39FN4O3/c1-19(2)35(20(3)4)28(36)24-16-22(31)8-9-26(24)34-18-25(23-10-13-32-17-27(23)34)21-11-14-33(15-12-21)29(37)38-30(5,6)7/h8-10,13,16-21H,11-12,14-15H2,1-7H3. The number of piperidine rings is 1. The number of ether oxygens (including phenoxy) is 1. The molecule has 1 aliphatic heterocycles. The summed E-state index contributed by atoms with van der Waals surface area (Å²) < 4.78 is 22.0. The van der Waals surface area contributed by atoms with Gasteiger partial charge in [-0.25, -0.2) is 9.18 Å². The summed E-state index contributed by atoms with van der Waals surface area (Å²) in [6.45, 7) is 14.7. The highest BCUT2D eigenvalue weighted by molar-refractivity contribution is 5.99.